The van der Waals surface area contributed by atoms with E-state index in [0.29, 0.717) is 10.1 Å². The van der Waals surface area contributed by atoms with E-state index in [2.05, 4.69) is 0 Å². The van der Waals surface area contributed by atoms with Crippen LogP contribution in [0.2, 0.25) is 0 Å². The van der Waals surface area contributed by atoms with Gasteiger partial charge in [-0.3, -0.25) is 0 Å². The number of fused-ring (bicyclic) bond motifs is 1. The molecule has 0 bridgehead atoms. The molecule has 0 spiro atoms. The molecule has 0 aliphatic carbocycles. The Morgan fingerprint density at radius 1 is 1.50 bits per heavy atom. The van der Waals surface area contributed by atoms with Crippen molar-refractivity contribution in [3.8, 4) is 0 Å². The van der Waals surface area contributed by atoms with Gasteiger partial charge >= 0.3 is 5.97 Å². The van der Waals surface area contributed by atoms with E-state index in [1.165, 1.54) is 17.5 Å². The molecular formula is C9H6FNO2S. The Morgan fingerprint density at radius 3 is 2.86 bits per heavy atom. The van der Waals surface area contributed by atoms with Crippen LogP contribution in [0.4, 0.5) is 10.1 Å². The summed E-state index contributed by atoms with van der Waals surface area (Å²) in [5.41, 5.74) is 5.65. The van der Waals surface area contributed by atoms with Gasteiger partial charge < -0.3 is 10.8 Å². The number of halogens is 1. The second-order valence-corrected chi connectivity index (χ2v) is 3.67. The van der Waals surface area contributed by atoms with E-state index >= 15 is 0 Å². The molecule has 0 aliphatic rings. The molecule has 2 aromatic rings. The third kappa shape index (κ3) is 1.13. The predicted molar refractivity (Wildman–Crippen MR) is 53.2 cm³/mol. The number of aromatic carboxylic acids is 1. The Hall–Kier alpha value is -1.62. The lowest BCUT2D eigenvalue weighted by atomic mass is 10.1. The lowest BCUT2D eigenvalue weighted by Gasteiger charge is -1.97. The zero-order valence-corrected chi connectivity index (χ0v) is 7.77. The summed E-state index contributed by atoms with van der Waals surface area (Å²) in [6, 6.07) is 2.61. The molecule has 0 unspecified atom stereocenters. The van der Waals surface area contributed by atoms with Crippen LogP contribution in [0.25, 0.3) is 10.1 Å². The SMILES string of the molecule is Nc1c(F)ccc2c(C(=O)O)csc12. The van der Waals surface area contributed by atoms with E-state index in [4.69, 9.17) is 10.8 Å². The van der Waals surface area contributed by atoms with Crippen LogP contribution in [0.5, 0.6) is 0 Å². The molecule has 72 valence electrons. The summed E-state index contributed by atoms with van der Waals surface area (Å²) in [5, 5.41) is 10.8. The molecule has 2 rings (SSSR count). The first-order valence-electron chi connectivity index (χ1n) is 3.79. The van der Waals surface area contributed by atoms with E-state index in [9.17, 15) is 9.18 Å². The average molecular weight is 211 g/mol. The third-order valence-corrected chi connectivity index (χ3v) is 2.99. The smallest absolute Gasteiger partial charge is 0.337 e. The van der Waals surface area contributed by atoms with Crippen LogP contribution in [0.15, 0.2) is 17.5 Å². The Labute approximate surface area is 82.6 Å². The van der Waals surface area contributed by atoms with Crippen molar-refractivity contribution < 1.29 is 14.3 Å². The standard InChI is InChI=1S/C9H6FNO2S/c10-6-2-1-4-5(9(12)13)3-14-8(4)7(6)11/h1-3H,11H2,(H,12,13). The number of hydrogen-bond donors (Lipinski definition) is 2. The molecule has 0 aliphatic heterocycles. The summed E-state index contributed by atoms with van der Waals surface area (Å²) in [4.78, 5) is 10.7. The molecule has 0 radical (unpaired) electrons. The first-order valence-corrected chi connectivity index (χ1v) is 4.67. The fourth-order valence-electron chi connectivity index (χ4n) is 1.26. The van der Waals surface area contributed by atoms with Gasteiger partial charge in [-0.2, -0.15) is 0 Å². The van der Waals surface area contributed by atoms with Crippen molar-refractivity contribution in [2.45, 2.75) is 0 Å². The largest absolute Gasteiger partial charge is 0.478 e. The van der Waals surface area contributed by atoms with Crippen LogP contribution >= 0.6 is 11.3 Å². The van der Waals surface area contributed by atoms with Gasteiger partial charge in [0.15, 0.2) is 0 Å². The highest BCUT2D eigenvalue weighted by Gasteiger charge is 2.13. The van der Waals surface area contributed by atoms with Crippen molar-refractivity contribution in [1.82, 2.24) is 0 Å². The molecule has 1 aromatic heterocycles. The van der Waals surface area contributed by atoms with Crippen molar-refractivity contribution in [1.29, 1.82) is 0 Å². The van der Waals surface area contributed by atoms with Crippen molar-refractivity contribution in [3.05, 3.63) is 28.9 Å². The summed E-state index contributed by atoms with van der Waals surface area (Å²) in [6.45, 7) is 0. The van der Waals surface area contributed by atoms with Crippen LogP contribution < -0.4 is 5.73 Å². The lowest BCUT2D eigenvalue weighted by molar-refractivity contribution is 0.0699. The maximum atomic E-state index is 13.0. The number of carboxylic acid groups (broad SMARTS) is 1. The van der Waals surface area contributed by atoms with Gasteiger partial charge in [-0.05, 0) is 12.1 Å². The van der Waals surface area contributed by atoms with Crippen molar-refractivity contribution in [2.24, 2.45) is 0 Å². The van der Waals surface area contributed by atoms with E-state index in [1.807, 2.05) is 0 Å². The van der Waals surface area contributed by atoms with Gasteiger partial charge in [-0.1, -0.05) is 0 Å². The minimum Gasteiger partial charge on any atom is -0.478 e. The zero-order valence-electron chi connectivity index (χ0n) is 6.95. The summed E-state index contributed by atoms with van der Waals surface area (Å²) >= 11 is 1.14. The third-order valence-electron chi connectivity index (χ3n) is 1.96. The molecular weight excluding hydrogens is 205 g/mol. The second-order valence-electron chi connectivity index (χ2n) is 2.79. The van der Waals surface area contributed by atoms with Crippen LogP contribution in [0.3, 0.4) is 0 Å². The van der Waals surface area contributed by atoms with Gasteiger partial charge in [0, 0.05) is 10.8 Å². The lowest BCUT2D eigenvalue weighted by Crippen LogP contribution is -1.95. The summed E-state index contributed by atoms with van der Waals surface area (Å²) in [5.74, 6) is -1.54. The van der Waals surface area contributed by atoms with Crippen LogP contribution in [-0.4, -0.2) is 11.1 Å². The molecule has 5 heteroatoms. The van der Waals surface area contributed by atoms with Gasteiger partial charge in [0.1, 0.15) is 5.82 Å². The van der Waals surface area contributed by atoms with Crippen molar-refractivity contribution in [3.63, 3.8) is 0 Å². The first kappa shape index (κ1) is 8.96. The Balaban J connectivity index is 2.83. The zero-order chi connectivity index (χ0) is 10.3. The summed E-state index contributed by atoms with van der Waals surface area (Å²) in [6.07, 6.45) is 0. The molecule has 0 fully saturated rings. The van der Waals surface area contributed by atoms with Crippen LogP contribution in [-0.2, 0) is 0 Å². The predicted octanol–water partition coefficient (Wildman–Crippen LogP) is 2.32. The molecule has 3 N–H and O–H groups in total. The van der Waals surface area contributed by atoms with Gasteiger partial charge in [-0.15, -0.1) is 11.3 Å². The highest BCUT2D eigenvalue weighted by molar-refractivity contribution is 7.18. The maximum Gasteiger partial charge on any atom is 0.337 e. The molecule has 0 amide bonds. The first-order chi connectivity index (χ1) is 6.61. The molecule has 0 atom stereocenters. The van der Waals surface area contributed by atoms with Crippen molar-refractivity contribution >= 4 is 33.1 Å². The number of nitrogen functional groups attached to an aromatic ring is 1. The quantitative estimate of drug-likeness (QED) is 0.711. The number of anilines is 1. The number of rotatable bonds is 1. The minimum atomic E-state index is -1.03. The summed E-state index contributed by atoms with van der Waals surface area (Å²) < 4.78 is 13.5. The number of hydrogen-bond acceptors (Lipinski definition) is 3. The highest BCUT2D eigenvalue weighted by atomic mass is 32.1. The van der Waals surface area contributed by atoms with Gasteiger partial charge in [-0.25, -0.2) is 9.18 Å². The molecule has 3 nitrogen and oxygen atoms in total. The second kappa shape index (κ2) is 2.95. The number of benzene rings is 1. The number of carbonyl (C=O) groups is 1. The molecule has 14 heavy (non-hydrogen) atoms. The van der Waals surface area contributed by atoms with Crippen LogP contribution in [0, 0.1) is 5.82 Å². The van der Waals surface area contributed by atoms with Crippen LogP contribution in [0.1, 0.15) is 10.4 Å². The topological polar surface area (TPSA) is 63.3 Å². The number of carboxylic acids is 1. The number of thiophene rings is 1. The Kier molecular flexibility index (Phi) is 1.89. The van der Waals surface area contributed by atoms with Gasteiger partial charge in [0.05, 0.1) is 16.0 Å². The minimum absolute atomic E-state index is 0.0139. The van der Waals surface area contributed by atoms with Crippen molar-refractivity contribution in [2.75, 3.05) is 5.73 Å². The Morgan fingerprint density at radius 2 is 2.21 bits per heavy atom. The van der Waals surface area contributed by atoms with E-state index < -0.39 is 11.8 Å². The summed E-state index contributed by atoms with van der Waals surface area (Å²) in [7, 11) is 0. The molecule has 0 saturated heterocycles. The molecule has 1 heterocycles. The fraction of sp³-hybridized carbons (Fsp3) is 0. The van der Waals surface area contributed by atoms with Gasteiger partial charge in [0.2, 0.25) is 0 Å². The highest BCUT2D eigenvalue weighted by Crippen LogP contribution is 2.32. The maximum absolute atomic E-state index is 13.0. The van der Waals surface area contributed by atoms with E-state index in [1.54, 1.807) is 0 Å². The molecule has 0 saturated carbocycles. The average Bonchev–Trinajstić information content (AvgIpc) is 2.55. The molecule has 1 aromatic carbocycles. The monoisotopic (exact) mass is 211 g/mol. The van der Waals surface area contributed by atoms with E-state index in [-0.39, 0.29) is 11.3 Å². The van der Waals surface area contributed by atoms with Gasteiger partial charge in [0.25, 0.3) is 0 Å². The number of nitrogens with two attached hydrogens (primary N) is 1. The Bertz CT molecular complexity index is 521. The van der Waals surface area contributed by atoms with E-state index in [0.717, 1.165) is 11.3 Å². The fourth-order valence-corrected chi connectivity index (χ4v) is 2.25. The normalized spacial score (nSPS) is 10.6.